The van der Waals surface area contributed by atoms with Crippen LogP contribution >= 0.6 is 15.9 Å². The standard InChI is InChI=1S/C29H21BrN2/c30-22-15-16-29-25(17-22)24-13-7-8-14-28(24)32(29)23-18-26(20-9-3-1-4-10-20)31-27(19-23)21-11-5-2-6-12-21/h1,3-5,7-19H,2,6H2. The van der Waals surface area contributed by atoms with Crippen molar-refractivity contribution in [1.82, 2.24) is 9.55 Å². The summed E-state index contributed by atoms with van der Waals surface area (Å²) in [5, 5.41) is 2.49. The van der Waals surface area contributed by atoms with Crippen LogP contribution in [0.15, 0.2) is 108 Å². The highest BCUT2D eigenvalue weighted by atomic mass is 79.9. The molecular formula is C29H21BrN2. The summed E-state index contributed by atoms with van der Waals surface area (Å²) >= 11 is 3.66. The zero-order chi connectivity index (χ0) is 21.5. The minimum Gasteiger partial charge on any atom is -0.309 e. The lowest BCUT2D eigenvalue weighted by molar-refractivity contribution is 1.04. The summed E-state index contributed by atoms with van der Waals surface area (Å²) in [7, 11) is 0. The summed E-state index contributed by atoms with van der Waals surface area (Å²) in [6.45, 7) is 0. The van der Waals surface area contributed by atoms with E-state index in [0.717, 1.165) is 40.0 Å². The third-order valence-corrected chi connectivity index (χ3v) is 6.56. The molecule has 154 valence electrons. The lowest BCUT2D eigenvalue weighted by Crippen LogP contribution is -2.00. The highest BCUT2D eigenvalue weighted by molar-refractivity contribution is 9.10. The van der Waals surface area contributed by atoms with Crippen LogP contribution < -0.4 is 0 Å². The second-order valence-electron chi connectivity index (χ2n) is 8.12. The van der Waals surface area contributed by atoms with Crippen LogP contribution in [0.1, 0.15) is 18.5 Å². The molecule has 3 aromatic carbocycles. The fraction of sp³-hybridized carbons (Fsp3) is 0.0690. The van der Waals surface area contributed by atoms with Gasteiger partial charge in [-0.15, -0.1) is 0 Å². The zero-order valence-electron chi connectivity index (χ0n) is 17.5. The molecule has 2 aromatic heterocycles. The normalized spacial score (nSPS) is 13.6. The number of benzene rings is 3. The van der Waals surface area contributed by atoms with Gasteiger partial charge in [0, 0.05) is 20.8 Å². The first-order valence-electron chi connectivity index (χ1n) is 10.9. The van der Waals surface area contributed by atoms with E-state index in [-0.39, 0.29) is 0 Å². The highest BCUT2D eigenvalue weighted by Gasteiger charge is 2.15. The Labute approximate surface area is 195 Å². The molecule has 0 fully saturated rings. The summed E-state index contributed by atoms with van der Waals surface area (Å²) in [5.74, 6) is 0. The molecule has 2 nitrogen and oxygen atoms in total. The molecule has 0 aliphatic heterocycles. The van der Waals surface area contributed by atoms with Gasteiger partial charge in [0.15, 0.2) is 0 Å². The number of nitrogens with zero attached hydrogens (tertiary/aromatic N) is 2. The highest BCUT2D eigenvalue weighted by Crippen LogP contribution is 2.35. The molecular weight excluding hydrogens is 456 g/mol. The van der Waals surface area contributed by atoms with E-state index in [1.54, 1.807) is 0 Å². The Kier molecular flexibility index (Phi) is 4.77. The van der Waals surface area contributed by atoms with Crippen molar-refractivity contribution in [3.05, 3.63) is 113 Å². The molecule has 0 spiro atoms. The molecule has 0 bridgehead atoms. The number of rotatable bonds is 3. The maximum absolute atomic E-state index is 5.07. The van der Waals surface area contributed by atoms with Crippen molar-refractivity contribution in [3.63, 3.8) is 0 Å². The molecule has 6 rings (SSSR count). The summed E-state index contributed by atoms with van der Waals surface area (Å²) in [5.41, 5.74) is 7.84. The van der Waals surface area contributed by atoms with Gasteiger partial charge in [0.2, 0.25) is 0 Å². The van der Waals surface area contributed by atoms with Crippen molar-refractivity contribution in [2.45, 2.75) is 12.8 Å². The summed E-state index contributed by atoms with van der Waals surface area (Å²) in [6.07, 6.45) is 8.89. The minimum absolute atomic E-state index is 0.987. The zero-order valence-corrected chi connectivity index (χ0v) is 19.1. The number of allylic oxidation sites excluding steroid dienone is 4. The third-order valence-electron chi connectivity index (χ3n) is 6.06. The Balaban J connectivity index is 1.67. The number of hydrogen-bond donors (Lipinski definition) is 0. The van der Waals surface area contributed by atoms with Crippen LogP contribution in [0.25, 0.3) is 44.3 Å². The van der Waals surface area contributed by atoms with Gasteiger partial charge >= 0.3 is 0 Å². The number of fused-ring (bicyclic) bond motifs is 3. The second-order valence-corrected chi connectivity index (χ2v) is 9.03. The molecule has 1 aliphatic carbocycles. The topological polar surface area (TPSA) is 17.8 Å². The van der Waals surface area contributed by atoms with Gasteiger partial charge in [0.1, 0.15) is 0 Å². The van der Waals surface area contributed by atoms with Gasteiger partial charge in [-0.05, 0) is 54.8 Å². The fourth-order valence-corrected chi connectivity index (χ4v) is 4.94. The lowest BCUT2D eigenvalue weighted by atomic mass is 10.0. The first kappa shape index (κ1) is 19.3. The Bertz CT molecular complexity index is 1520. The smallest absolute Gasteiger partial charge is 0.0730 e. The first-order valence-corrected chi connectivity index (χ1v) is 11.7. The summed E-state index contributed by atoms with van der Waals surface area (Å²) < 4.78 is 3.45. The van der Waals surface area contributed by atoms with Gasteiger partial charge in [-0.25, -0.2) is 4.98 Å². The average molecular weight is 477 g/mol. The van der Waals surface area contributed by atoms with Crippen LogP contribution in [0.5, 0.6) is 0 Å². The van der Waals surface area contributed by atoms with E-state index >= 15 is 0 Å². The molecule has 0 N–H and O–H groups in total. The number of hydrogen-bond acceptors (Lipinski definition) is 1. The minimum atomic E-state index is 0.987. The summed E-state index contributed by atoms with van der Waals surface area (Å²) in [4.78, 5) is 5.07. The Hall–Kier alpha value is -3.43. The molecule has 0 saturated heterocycles. The molecule has 0 saturated carbocycles. The van der Waals surface area contributed by atoms with Crippen LogP contribution in [-0.2, 0) is 0 Å². The lowest BCUT2D eigenvalue weighted by Gasteiger charge is -2.14. The van der Waals surface area contributed by atoms with Crippen molar-refractivity contribution in [2.24, 2.45) is 0 Å². The number of pyridine rings is 1. The van der Waals surface area contributed by atoms with Crippen molar-refractivity contribution < 1.29 is 0 Å². The molecule has 1 aliphatic rings. The van der Waals surface area contributed by atoms with E-state index in [1.165, 1.54) is 27.4 Å². The quantitative estimate of drug-likeness (QED) is 0.255. The maximum atomic E-state index is 5.07. The Morgan fingerprint density at radius 3 is 2.34 bits per heavy atom. The predicted molar refractivity (Wildman–Crippen MR) is 138 cm³/mol. The molecule has 32 heavy (non-hydrogen) atoms. The molecule has 0 radical (unpaired) electrons. The predicted octanol–water partition coefficient (Wildman–Crippen LogP) is 8.34. The number of halogens is 1. The van der Waals surface area contributed by atoms with Gasteiger partial charge in [0.05, 0.1) is 28.1 Å². The van der Waals surface area contributed by atoms with Crippen molar-refractivity contribution in [2.75, 3.05) is 0 Å². The SMILES string of the molecule is Brc1ccc2c(c1)c1ccccc1n2-c1cc(C2=CCCC=C2)nc(-c2ccccc2)c1. The van der Waals surface area contributed by atoms with Crippen molar-refractivity contribution in [1.29, 1.82) is 0 Å². The number of para-hydroxylation sites is 1. The van der Waals surface area contributed by atoms with Gasteiger partial charge in [-0.2, -0.15) is 0 Å². The maximum Gasteiger partial charge on any atom is 0.0730 e. The molecule has 0 atom stereocenters. The fourth-order valence-electron chi connectivity index (χ4n) is 4.58. The van der Waals surface area contributed by atoms with Crippen LogP contribution in [0.2, 0.25) is 0 Å². The third kappa shape index (κ3) is 3.30. The van der Waals surface area contributed by atoms with E-state index in [0.29, 0.717) is 0 Å². The molecule has 0 unspecified atom stereocenters. The van der Waals surface area contributed by atoms with Gasteiger partial charge in [-0.3, -0.25) is 0 Å². The van der Waals surface area contributed by atoms with Gasteiger partial charge in [0.25, 0.3) is 0 Å². The Morgan fingerprint density at radius 1 is 0.719 bits per heavy atom. The molecule has 3 heteroatoms. The monoisotopic (exact) mass is 476 g/mol. The van der Waals surface area contributed by atoms with Crippen molar-refractivity contribution in [3.8, 4) is 16.9 Å². The summed E-state index contributed by atoms with van der Waals surface area (Å²) in [6, 6.07) is 30.0. The van der Waals surface area contributed by atoms with Gasteiger partial charge in [-0.1, -0.05) is 82.7 Å². The number of aromatic nitrogens is 2. The van der Waals surface area contributed by atoms with E-state index in [2.05, 4.69) is 118 Å². The molecule has 5 aromatic rings. The molecule has 0 amide bonds. The van der Waals surface area contributed by atoms with E-state index in [9.17, 15) is 0 Å². The van der Waals surface area contributed by atoms with Crippen molar-refractivity contribution >= 4 is 43.3 Å². The van der Waals surface area contributed by atoms with Crippen LogP contribution in [0, 0.1) is 0 Å². The van der Waals surface area contributed by atoms with E-state index in [1.807, 2.05) is 6.07 Å². The van der Waals surface area contributed by atoms with E-state index < -0.39 is 0 Å². The molecule has 2 heterocycles. The van der Waals surface area contributed by atoms with E-state index in [4.69, 9.17) is 4.98 Å². The Morgan fingerprint density at radius 2 is 1.50 bits per heavy atom. The van der Waals surface area contributed by atoms with Gasteiger partial charge < -0.3 is 4.57 Å². The van der Waals surface area contributed by atoms with Crippen LogP contribution in [0.3, 0.4) is 0 Å². The van der Waals surface area contributed by atoms with Crippen LogP contribution in [-0.4, -0.2) is 9.55 Å². The first-order chi connectivity index (χ1) is 15.8. The second kappa shape index (κ2) is 7.92. The average Bonchev–Trinajstić information content (AvgIpc) is 3.18. The van der Waals surface area contributed by atoms with Crippen LogP contribution in [0.4, 0.5) is 0 Å². The largest absolute Gasteiger partial charge is 0.309 e.